The number of nitrogens with two attached hydrogens (primary N) is 1. The molecule has 0 fully saturated rings. The lowest BCUT2D eigenvalue weighted by Gasteiger charge is -2.27. The zero-order chi connectivity index (χ0) is 15.6. The molecule has 0 aliphatic rings. The first-order chi connectivity index (χ1) is 9.92. The average molecular weight is 379 g/mol. The van der Waals surface area contributed by atoms with Crippen LogP contribution in [0.5, 0.6) is 0 Å². The molecule has 2 N–H and O–H groups in total. The fourth-order valence-electron chi connectivity index (χ4n) is 2.13. The number of rotatable bonds is 5. The number of halogens is 4. The minimum Gasteiger partial charge on any atom is -0.329 e. The molecule has 114 valence electrons. The molecular weight excluding hydrogens is 365 g/mol. The summed E-state index contributed by atoms with van der Waals surface area (Å²) in [7, 11) is 1.77. The highest BCUT2D eigenvalue weighted by atomic mass is 79.9. The molecule has 21 heavy (non-hydrogen) atoms. The summed E-state index contributed by atoms with van der Waals surface area (Å²) in [5, 5.41) is 1.94. The monoisotopic (exact) mass is 378 g/mol. The summed E-state index contributed by atoms with van der Waals surface area (Å²) >= 11 is 4.92. The third kappa shape index (κ3) is 3.85. The summed E-state index contributed by atoms with van der Waals surface area (Å²) in [5.74, 6) is -3.06. The summed E-state index contributed by atoms with van der Waals surface area (Å²) in [4.78, 5) is 2.87. The Morgan fingerprint density at radius 2 is 1.86 bits per heavy atom. The Bertz CT molecular complexity index is 633. The van der Waals surface area contributed by atoms with E-state index in [4.69, 9.17) is 5.73 Å². The second-order valence-corrected chi connectivity index (χ2v) is 6.60. The summed E-state index contributed by atoms with van der Waals surface area (Å²) in [6.45, 7) is 0.640. The van der Waals surface area contributed by atoms with Crippen molar-refractivity contribution in [3.63, 3.8) is 0 Å². The molecule has 0 bridgehead atoms. The quantitative estimate of drug-likeness (QED) is 0.794. The molecule has 7 heteroatoms. The average Bonchev–Trinajstić information content (AvgIpc) is 2.81. The molecule has 0 radical (unpaired) electrons. The van der Waals surface area contributed by atoms with Crippen molar-refractivity contribution in [2.75, 3.05) is 13.6 Å². The van der Waals surface area contributed by atoms with Crippen molar-refractivity contribution in [2.45, 2.75) is 12.6 Å². The van der Waals surface area contributed by atoms with Crippen molar-refractivity contribution in [3.05, 3.63) is 55.9 Å². The highest BCUT2D eigenvalue weighted by Gasteiger charge is 2.22. The first kappa shape index (κ1) is 16.5. The van der Waals surface area contributed by atoms with Crippen LogP contribution in [-0.2, 0) is 6.54 Å². The zero-order valence-corrected chi connectivity index (χ0v) is 13.6. The Hall–Kier alpha value is -0.890. The zero-order valence-electron chi connectivity index (χ0n) is 11.2. The fraction of sp³-hybridized carbons (Fsp3) is 0.286. The van der Waals surface area contributed by atoms with Crippen LogP contribution in [0.3, 0.4) is 0 Å². The van der Waals surface area contributed by atoms with Gasteiger partial charge in [-0.05, 0) is 35.1 Å². The predicted molar refractivity (Wildman–Crippen MR) is 81.6 cm³/mol. The van der Waals surface area contributed by atoms with Gasteiger partial charge in [0.2, 0.25) is 0 Å². The largest absolute Gasteiger partial charge is 0.329 e. The number of likely N-dealkylation sites (N-methyl/N-ethyl adjacent to an activating group) is 1. The van der Waals surface area contributed by atoms with Gasteiger partial charge in [0, 0.05) is 39.4 Å². The third-order valence-electron chi connectivity index (χ3n) is 3.18. The van der Waals surface area contributed by atoms with Gasteiger partial charge in [0.1, 0.15) is 5.82 Å². The van der Waals surface area contributed by atoms with Gasteiger partial charge in [0.05, 0.1) is 6.04 Å². The number of hydrogen-bond acceptors (Lipinski definition) is 3. The molecule has 0 aliphatic heterocycles. The van der Waals surface area contributed by atoms with E-state index in [1.165, 1.54) is 0 Å². The molecule has 0 spiro atoms. The van der Waals surface area contributed by atoms with E-state index in [2.05, 4.69) is 15.9 Å². The SMILES string of the molecule is CN(Cc1cc(Br)cs1)C(CN)c1cc(F)c(F)cc1F. The van der Waals surface area contributed by atoms with Crippen LogP contribution < -0.4 is 5.73 Å². The van der Waals surface area contributed by atoms with Crippen molar-refractivity contribution < 1.29 is 13.2 Å². The lowest BCUT2D eigenvalue weighted by molar-refractivity contribution is 0.237. The molecule has 1 atom stereocenters. The van der Waals surface area contributed by atoms with Gasteiger partial charge < -0.3 is 5.73 Å². The van der Waals surface area contributed by atoms with Crippen LogP contribution in [0.4, 0.5) is 13.2 Å². The van der Waals surface area contributed by atoms with Crippen molar-refractivity contribution in [1.29, 1.82) is 0 Å². The van der Waals surface area contributed by atoms with Gasteiger partial charge in [-0.2, -0.15) is 0 Å². The van der Waals surface area contributed by atoms with Gasteiger partial charge in [0.25, 0.3) is 0 Å². The van der Waals surface area contributed by atoms with E-state index in [1.54, 1.807) is 18.4 Å². The van der Waals surface area contributed by atoms with Gasteiger partial charge in [0.15, 0.2) is 11.6 Å². The van der Waals surface area contributed by atoms with Crippen molar-refractivity contribution in [3.8, 4) is 0 Å². The van der Waals surface area contributed by atoms with Crippen LogP contribution in [0.25, 0.3) is 0 Å². The number of thiophene rings is 1. The minimum atomic E-state index is -1.20. The van der Waals surface area contributed by atoms with E-state index < -0.39 is 23.5 Å². The molecule has 2 nitrogen and oxygen atoms in total. The predicted octanol–water partition coefficient (Wildman–Crippen LogP) is 4.06. The summed E-state index contributed by atoms with van der Waals surface area (Å²) in [5.41, 5.74) is 5.76. The van der Waals surface area contributed by atoms with Gasteiger partial charge >= 0.3 is 0 Å². The molecular formula is C14H14BrF3N2S. The van der Waals surface area contributed by atoms with Crippen LogP contribution in [0, 0.1) is 17.5 Å². The molecule has 0 saturated heterocycles. The molecule has 0 aliphatic carbocycles. The Labute approximate surface area is 133 Å². The van der Waals surface area contributed by atoms with Crippen molar-refractivity contribution in [1.82, 2.24) is 4.90 Å². The van der Waals surface area contributed by atoms with Crippen LogP contribution in [0.1, 0.15) is 16.5 Å². The molecule has 1 aromatic heterocycles. The van der Waals surface area contributed by atoms with E-state index in [1.807, 2.05) is 16.3 Å². The van der Waals surface area contributed by atoms with Gasteiger partial charge in [-0.15, -0.1) is 11.3 Å². The minimum absolute atomic E-state index is 0.0644. The fourth-order valence-corrected chi connectivity index (χ4v) is 3.64. The van der Waals surface area contributed by atoms with Crippen LogP contribution in [-0.4, -0.2) is 18.5 Å². The number of nitrogens with zero attached hydrogens (tertiary/aromatic N) is 1. The summed E-state index contributed by atoms with van der Waals surface area (Å²) in [6, 6.07) is 2.86. The van der Waals surface area contributed by atoms with E-state index in [9.17, 15) is 13.2 Å². The van der Waals surface area contributed by atoms with Gasteiger partial charge in [-0.3, -0.25) is 4.90 Å². The molecule has 1 heterocycles. The van der Waals surface area contributed by atoms with Gasteiger partial charge in [-0.25, -0.2) is 13.2 Å². The maximum absolute atomic E-state index is 13.9. The number of hydrogen-bond donors (Lipinski definition) is 1. The lowest BCUT2D eigenvalue weighted by Crippen LogP contribution is -2.30. The van der Waals surface area contributed by atoms with Crippen molar-refractivity contribution >= 4 is 27.3 Å². The summed E-state index contributed by atoms with van der Waals surface area (Å²) in [6.07, 6.45) is 0. The van der Waals surface area contributed by atoms with Gasteiger partial charge in [-0.1, -0.05) is 0 Å². The van der Waals surface area contributed by atoms with Crippen LogP contribution >= 0.6 is 27.3 Å². The Kier molecular flexibility index (Phi) is 5.43. The molecule has 2 aromatic rings. The Morgan fingerprint density at radius 3 is 2.43 bits per heavy atom. The number of benzene rings is 1. The summed E-state index contributed by atoms with van der Waals surface area (Å²) < 4.78 is 41.2. The topological polar surface area (TPSA) is 29.3 Å². The standard InChI is InChI=1S/C14H14BrF3N2S/c1-20(6-9-2-8(15)7-21-9)14(5-19)10-3-12(17)13(18)4-11(10)16/h2-4,7,14H,5-6,19H2,1H3. The molecule has 2 rings (SSSR count). The lowest BCUT2D eigenvalue weighted by atomic mass is 10.0. The van der Waals surface area contributed by atoms with E-state index in [0.717, 1.165) is 15.4 Å². The first-order valence-corrected chi connectivity index (χ1v) is 7.87. The normalized spacial score (nSPS) is 12.9. The second-order valence-electron chi connectivity index (χ2n) is 4.69. The second kappa shape index (κ2) is 6.91. The molecule has 1 aromatic carbocycles. The molecule has 0 saturated carbocycles. The Balaban J connectivity index is 2.24. The van der Waals surface area contributed by atoms with E-state index in [0.29, 0.717) is 12.6 Å². The van der Waals surface area contributed by atoms with Crippen molar-refractivity contribution in [2.24, 2.45) is 5.73 Å². The smallest absolute Gasteiger partial charge is 0.161 e. The first-order valence-electron chi connectivity index (χ1n) is 6.20. The van der Waals surface area contributed by atoms with Crippen LogP contribution in [0.2, 0.25) is 0 Å². The highest BCUT2D eigenvalue weighted by Crippen LogP contribution is 2.27. The van der Waals surface area contributed by atoms with E-state index >= 15 is 0 Å². The Morgan fingerprint density at radius 1 is 1.19 bits per heavy atom. The third-order valence-corrected chi connectivity index (χ3v) is 4.86. The van der Waals surface area contributed by atoms with E-state index in [-0.39, 0.29) is 12.1 Å². The highest BCUT2D eigenvalue weighted by molar-refractivity contribution is 9.10. The van der Waals surface area contributed by atoms with Crippen LogP contribution in [0.15, 0.2) is 28.1 Å². The maximum atomic E-state index is 13.9. The molecule has 0 amide bonds. The molecule has 1 unspecified atom stereocenters. The maximum Gasteiger partial charge on any atom is 0.161 e.